The lowest BCUT2D eigenvalue weighted by Crippen LogP contribution is -2.52. The molecule has 1 aliphatic carbocycles. The molecule has 2 bridgehead atoms. The fourth-order valence-electron chi connectivity index (χ4n) is 7.02. The summed E-state index contributed by atoms with van der Waals surface area (Å²) in [5.41, 5.74) is 0.439. The molecule has 2 aromatic carbocycles. The van der Waals surface area contributed by atoms with Gasteiger partial charge in [-0.15, -0.1) is 0 Å². The van der Waals surface area contributed by atoms with E-state index >= 15 is 0 Å². The number of anilines is 1. The molecule has 0 saturated heterocycles. The number of nitrogens with zero attached hydrogens (tertiary/aromatic N) is 4. The van der Waals surface area contributed by atoms with E-state index in [2.05, 4.69) is 11.0 Å². The van der Waals surface area contributed by atoms with E-state index in [1.165, 1.54) is 19.0 Å². The Balaban J connectivity index is 1.65. The monoisotopic (exact) mass is 716 g/mol. The largest absolute Gasteiger partial charge is 0.487 e. The van der Waals surface area contributed by atoms with Gasteiger partial charge in [-0.05, 0) is 91.3 Å². The van der Waals surface area contributed by atoms with Crippen molar-refractivity contribution in [1.29, 1.82) is 0 Å². The van der Waals surface area contributed by atoms with Crippen molar-refractivity contribution in [2.75, 3.05) is 59.8 Å². The van der Waals surface area contributed by atoms with Crippen LogP contribution in [-0.4, -0.2) is 99.9 Å². The Morgan fingerprint density at radius 3 is 2.55 bits per heavy atom. The van der Waals surface area contributed by atoms with Crippen LogP contribution in [0.1, 0.15) is 55.2 Å². The molecule has 0 spiro atoms. The molecule has 2 heterocycles. The number of halogens is 1. The van der Waals surface area contributed by atoms with Gasteiger partial charge in [-0.1, -0.05) is 35.9 Å². The van der Waals surface area contributed by atoms with Crippen molar-refractivity contribution < 1.29 is 32.6 Å². The van der Waals surface area contributed by atoms with Crippen LogP contribution < -0.4 is 9.64 Å². The zero-order valence-corrected chi connectivity index (χ0v) is 30.7. The Kier molecular flexibility index (Phi) is 11.7. The standard InChI is InChI=1S/C36H49ClN4O7S/c1-38(2)49(45,46)40(4)35(43)36(44)22-34(42)39(3)18-8-7-11-32(47-5)30-16-13-26(30)23-41-19-9-6-10-25-20-29(37)15-12-27(25)24-48-33-17-14-28(36)21-31(33)41/h7,11-12,14-15,17,20-21,26,30,32,44H,6,8-10,13,16,18-19,22-24H2,1-5H3/b11-7+/t26-,30+,32-,36+/m0/s1. The van der Waals surface area contributed by atoms with Crippen LogP contribution in [0.3, 0.4) is 0 Å². The van der Waals surface area contributed by atoms with Crippen LogP contribution in [-0.2, 0) is 43.2 Å². The predicted molar refractivity (Wildman–Crippen MR) is 190 cm³/mol. The van der Waals surface area contributed by atoms with Crippen molar-refractivity contribution in [3.8, 4) is 5.75 Å². The molecule has 1 saturated carbocycles. The SMILES string of the molecule is CO[C@H]1/C=C/CCN(C)C(=O)C[C@](O)(C(=O)N(C)S(=O)(=O)N(C)C)c2ccc3c(c2)N(CCCCc2cc(Cl)ccc2CO3)C[C@@H]2CC[C@H]21. The summed E-state index contributed by atoms with van der Waals surface area (Å²) in [6.07, 6.45) is 8.59. The van der Waals surface area contributed by atoms with E-state index in [4.69, 9.17) is 21.1 Å². The highest BCUT2D eigenvalue weighted by Gasteiger charge is 2.47. The van der Waals surface area contributed by atoms with Crippen LogP contribution in [0.5, 0.6) is 5.75 Å². The van der Waals surface area contributed by atoms with E-state index in [1.54, 1.807) is 32.4 Å². The number of rotatable bonds is 4. The van der Waals surface area contributed by atoms with Crippen molar-refractivity contribution >= 4 is 39.3 Å². The molecular weight excluding hydrogens is 668 g/mol. The molecule has 0 radical (unpaired) electrons. The van der Waals surface area contributed by atoms with E-state index in [-0.39, 0.29) is 18.3 Å². The number of hydrogen-bond donors (Lipinski definition) is 1. The van der Waals surface area contributed by atoms with Crippen LogP contribution >= 0.6 is 11.6 Å². The molecule has 2 aliphatic heterocycles. The summed E-state index contributed by atoms with van der Waals surface area (Å²) >= 11 is 6.36. The zero-order valence-electron chi connectivity index (χ0n) is 29.1. The average molecular weight is 717 g/mol. The molecule has 1 N–H and O–H groups in total. The van der Waals surface area contributed by atoms with Crippen molar-refractivity contribution in [3.63, 3.8) is 0 Å². The van der Waals surface area contributed by atoms with Gasteiger partial charge in [0.25, 0.3) is 5.91 Å². The number of ether oxygens (including phenoxy) is 2. The number of methoxy groups -OCH3 is 1. The van der Waals surface area contributed by atoms with Gasteiger partial charge in [0, 0.05) is 60.0 Å². The molecule has 3 aliphatic rings. The molecule has 11 nitrogen and oxygen atoms in total. The van der Waals surface area contributed by atoms with Gasteiger partial charge in [0.2, 0.25) is 5.91 Å². The molecule has 2 amide bonds. The minimum Gasteiger partial charge on any atom is -0.487 e. The Morgan fingerprint density at radius 2 is 1.86 bits per heavy atom. The second kappa shape index (κ2) is 15.4. The topological polar surface area (TPSA) is 120 Å². The van der Waals surface area contributed by atoms with Gasteiger partial charge >= 0.3 is 10.2 Å². The van der Waals surface area contributed by atoms with Crippen molar-refractivity contribution in [2.24, 2.45) is 11.8 Å². The Hall–Kier alpha value is -3.16. The molecule has 13 heteroatoms. The molecule has 0 unspecified atom stereocenters. The van der Waals surface area contributed by atoms with Crippen LogP contribution in [0, 0.1) is 11.8 Å². The van der Waals surface area contributed by atoms with Crippen molar-refractivity contribution in [3.05, 3.63) is 70.3 Å². The van der Waals surface area contributed by atoms with Crippen molar-refractivity contribution in [2.45, 2.75) is 63.3 Å². The second-order valence-electron chi connectivity index (χ2n) is 13.6. The first-order valence-corrected chi connectivity index (χ1v) is 18.7. The number of carbonyl (C=O) groups excluding carboxylic acids is 2. The van der Waals surface area contributed by atoms with Gasteiger partial charge in [-0.3, -0.25) is 9.59 Å². The first-order valence-electron chi connectivity index (χ1n) is 16.9. The van der Waals surface area contributed by atoms with Crippen LogP contribution in [0.4, 0.5) is 5.69 Å². The number of aliphatic hydroxyl groups is 1. The molecule has 0 aromatic heterocycles. The lowest BCUT2D eigenvalue weighted by Gasteiger charge is -2.44. The third kappa shape index (κ3) is 7.93. The number of carbonyl (C=O) groups is 2. The molecular formula is C36H49ClN4O7S. The number of likely N-dealkylation sites (N-methyl/N-ethyl adjacent to an activating group) is 1. The Morgan fingerprint density at radius 1 is 1.08 bits per heavy atom. The molecule has 1 fully saturated rings. The number of amides is 2. The van der Waals surface area contributed by atoms with Gasteiger partial charge in [-0.2, -0.15) is 12.7 Å². The third-order valence-corrected chi connectivity index (χ3v) is 12.3. The first-order chi connectivity index (χ1) is 23.3. The third-order valence-electron chi connectivity index (χ3n) is 10.3. The van der Waals surface area contributed by atoms with Gasteiger partial charge < -0.3 is 24.4 Å². The average Bonchev–Trinajstić information content (AvgIpc) is 3.09. The van der Waals surface area contributed by atoms with Crippen LogP contribution in [0.25, 0.3) is 0 Å². The van der Waals surface area contributed by atoms with Gasteiger partial charge in [0.05, 0.1) is 18.2 Å². The fraction of sp³-hybridized carbons (Fsp3) is 0.556. The maximum atomic E-state index is 14.1. The van der Waals surface area contributed by atoms with E-state index in [0.717, 1.165) is 54.6 Å². The van der Waals surface area contributed by atoms with E-state index < -0.39 is 34.0 Å². The highest BCUT2D eigenvalue weighted by atomic mass is 35.5. The number of aryl methyl sites for hydroxylation is 1. The minimum absolute atomic E-state index is 0.0604. The fourth-order valence-corrected chi connectivity index (χ4v) is 8.06. The number of hydrogen-bond acceptors (Lipinski definition) is 8. The molecule has 4 atom stereocenters. The predicted octanol–water partition coefficient (Wildman–Crippen LogP) is 4.36. The van der Waals surface area contributed by atoms with Crippen LogP contribution in [0.2, 0.25) is 5.02 Å². The Bertz CT molecular complexity index is 1670. The van der Waals surface area contributed by atoms with Gasteiger partial charge in [-0.25, -0.2) is 4.31 Å². The van der Waals surface area contributed by atoms with E-state index in [0.29, 0.717) is 58.7 Å². The summed E-state index contributed by atoms with van der Waals surface area (Å²) in [5.74, 6) is -0.454. The maximum absolute atomic E-state index is 14.1. The summed E-state index contributed by atoms with van der Waals surface area (Å²) in [6.45, 7) is 2.00. The smallest absolute Gasteiger partial charge is 0.305 e. The van der Waals surface area contributed by atoms with Gasteiger partial charge in [0.15, 0.2) is 5.60 Å². The summed E-state index contributed by atoms with van der Waals surface area (Å²) in [4.78, 5) is 31.5. The number of fused-ring (bicyclic) bond motifs is 3. The highest BCUT2D eigenvalue weighted by Crippen LogP contribution is 2.43. The van der Waals surface area contributed by atoms with Gasteiger partial charge in [0.1, 0.15) is 12.4 Å². The minimum atomic E-state index is -4.27. The molecule has 49 heavy (non-hydrogen) atoms. The highest BCUT2D eigenvalue weighted by molar-refractivity contribution is 7.87. The lowest BCUT2D eigenvalue weighted by atomic mass is 9.70. The summed E-state index contributed by atoms with van der Waals surface area (Å²) in [6, 6.07) is 10.8. The summed E-state index contributed by atoms with van der Waals surface area (Å²) in [5, 5.41) is 13.0. The summed E-state index contributed by atoms with van der Waals surface area (Å²) < 4.78 is 40.1. The quantitative estimate of drug-likeness (QED) is 0.464. The molecule has 268 valence electrons. The zero-order chi connectivity index (χ0) is 35.5. The van der Waals surface area contributed by atoms with Crippen LogP contribution in [0.15, 0.2) is 48.6 Å². The van der Waals surface area contributed by atoms with Crippen molar-refractivity contribution in [1.82, 2.24) is 13.5 Å². The normalized spacial score (nSPS) is 26.0. The maximum Gasteiger partial charge on any atom is 0.305 e. The first kappa shape index (κ1) is 37.1. The molecule has 2 aromatic rings. The van der Waals surface area contributed by atoms with E-state index in [1.807, 2.05) is 24.3 Å². The summed E-state index contributed by atoms with van der Waals surface area (Å²) in [7, 11) is 2.77. The Labute approximate surface area is 295 Å². The number of benzene rings is 2. The molecule has 5 rings (SSSR count). The second-order valence-corrected chi connectivity index (χ2v) is 16.2. The lowest BCUT2D eigenvalue weighted by molar-refractivity contribution is -0.153. The van der Waals surface area contributed by atoms with E-state index in [9.17, 15) is 23.1 Å².